The van der Waals surface area contributed by atoms with E-state index in [-0.39, 0.29) is 6.61 Å². The van der Waals surface area contributed by atoms with Gasteiger partial charge in [-0.05, 0) is 24.8 Å². The van der Waals surface area contributed by atoms with Crippen molar-refractivity contribution in [2.75, 3.05) is 24.6 Å². The van der Waals surface area contributed by atoms with E-state index in [4.69, 9.17) is 10.4 Å². The summed E-state index contributed by atoms with van der Waals surface area (Å²) in [6, 6.07) is 3.81. The third-order valence-corrected chi connectivity index (χ3v) is 2.94. The summed E-state index contributed by atoms with van der Waals surface area (Å²) >= 11 is 0. The van der Waals surface area contributed by atoms with Crippen molar-refractivity contribution in [3.05, 3.63) is 17.8 Å². The Balaban J connectivity index is 2.12. The predicted molar refractivity (Wildman–Crippen MR) is 58.8 cm³/mol. The molecule has 84 valence electrons. The fourth-order valence-electron chi connectivity index (χ4n) is 2.09. The van der Waals surface area contributed by atoms with E-state index in [2.05, 4.69) is 21.2 Å². The molecule has 1 fully saturated rings. The summed E-state index contributed by atoms with van der Waals surface area (Å²) in [6.45, 7) is 1.97. The molecule has 1 saturated heterocycles. The minimum Gasteiger partial charge on any atom is -0.396 e. The fourth-order valence-corrected chi connectivity index (χ4v) is 2.09. The van der Waals surface area contributed by atoms with Crippen molar-refractivity contribution in [3.63, 3.8) is 0 Å². The lowest BCUT2D eigenvalue weighted by Gasteiger charge is -2.17. The molecule has 0 spiro atoms. The SMILES string of the molecule is N#Cc1ccnnc1N1CCC(CCO)C1. The maximum Gasteiger partial charge on any atom is 0.169 e. The summed E-state index contributed by atoms with van der Waals surface area (Å²) < 4.78 is 0. The van der Waals surface area contributed by atoms with E-state index in [9.17, 15) is 0 Å². The normalized spacial score (nSPS) is 19.8. The largest absolute Gasteiger partial charge is 0.396 e. The van der Waals surface area contributed by atoms with Crippen LogP contribution >= 0.6 is 0 Å². The van der Waals surface area contributed by atoms with Crippen LogP contribution in [-0.2, 0) is 0 Å². The molecule has 1 aromatic rings. The average molecular weight is 218 g/mol. The zero-order valence-corrected chi connectivity index (χ0v) is 9.00. The van der Waals surface area contributed by atoms with Crippen molar-refractivity contribution in [1.29, 1.82) is 5.26 Å². The van der Waals surface area contributed by atoms with Crippen LogP contribution in [0.15, 0.2) is 12.3 Å². The number of anilines is 1. The lowest BCUT2D eigenvalue weighted by molar-refractivity contribution is 0.263. The van der Waals surface area contributed by atoms with Crippen LogP contribution in [0.25, 0.3) is 0 Å². The molecule has 0 saturated carbocycles. The maximum absolute atomic E-state index is 8.96. The van der Waals surface area contributed by atoms with Gasteiger partial charge in [0.1, 0.15) is 6.07 Å². The smallest absolute Gasteiger partial charge is 0.169 e. The number of hydrogen-bond acceptors (Lipinski definition) is 5. The first-order valence-corrected chi connectivity index (χ1v) is 5.42. The Morgan fingerprint density at radius 1 is 1.62 bits per heavy atom. The first-order valence-electron chi connectivity index (χ1n) is 5.42. The van der Waals surface area contributed by atoms with E-state index in [1.165, 1.54) is 6.20 Å². The van der Waals surface area contributed by atoms with Crippen molar-refractivity contribution in [2.45, 2.75) is 12.8 Å². The summed E-state index contributed by atoms with van der Waals surface area (Å²) in [5, 5.41) is 25.7. The zero-order valence-electron chi connectivity index (χ0n) is 9.00. The number of rotatable bonds is 3. The maximum atomic E-state index is 8.96. The molecule has 0 amide bonds. The van der Waals surface area contributed by atoms with Gasteiger partial charge in [-0.15, -0.1) is 5.10 Å². The molecule has 1 aliphatic heterocycles. The molecule has 1 unspecified atom stereocenters. The van der Waals surface area contributed by atoms with Crippen molar-refractivity contribution >= 4 is 5.82 Å². The molecular weight excluding hydrogens is 204 g/mol. The minimum atomic E-state index is 0.226. The van der Waals surface area contributed by atoms with E-state index in [0.717, 1.165) is 25.9 Å². The van der Waals surface area contributed by atoms with Gasteiger partial charge in [-0.2, -0.15) is 10.4 Å². The highest BCUT2D eigenvalue weighted by Crippen LogP contribution is 2.25. The number of aliphatic hydroxyl groups is 1. The van der Waals surface area contributed by atoms with Crippen molar-refractivity contribution in [2.24, 2.45) is 5.92 Å². The van der Waals surface area contributed by atoms with Crippen LogP contribution < -0.4 is 4.90 Å². The lowest BCUT2D eigenvalue weighted by atomic mass is 10.1. The molecule has 16 heavy (non-hydrogen) atoms. The van der Waals surface area contributed by atoms with Crippen LogP contribution in [0, 0.1) is 17.2 Å². The topological polar surface area (TPSA) is 73.0 Å². The predicted octanol–water partition coefficient (Wildman–Crippen LogP) is 0.557. The Hall–Kier alpha value is -1.67. The van der Waals surface area contributed by atoms with Crippen LogP contribution in [-0.4, -0.2) is 35.0 Å². The summed E-state index contributed by atoms with van der Waals surface area (Å²) in [7, 11) is 0. The van der Waals surface area contributed by atoms with Gasteiger partial charge in [0, 0.05) is 19.7 Å². The molecule has 2 heterocycles. The van der Waals surface area contributed by atoms with Crippen LogP contribution in [0.5, 0.6) is 0 Å². The monoisotopic (exact) mass is 218 g/mol. The van der Waals surface area contributed by atoms with Crippen molar-refractivity contribution in [3.8, 4) is 6.07 Å². The van der Waals surface area contributed by atoms with Gasteiger partial charge in [-0.3, -0.25) is 0 Å². The molecule has 0 aliphatic carbocycles. The van der Waals surface area contributed by atoms with E-state index in [1.54, 1.807) is 6.07 Å². The Labute approximate surface area is 94.3 Å². The van der Waals surface area contributed by atoms with Gasteiger partial charge in [0.25, 0.3) is 0 Å². The highest BCUT2D eigenvalue weighted by atomic mass is 16.3. The Morgan fingerprint density at radius 3 is 3.25 bits per heavy atom. The Morgan fingerprint density at radius 2 is 2.50 bits per heavy atom. The fraction of sp³-hybridized carbons (Fsp3) is 0.545. The summed E-state index contributed by atoms with van der Waals surface area (Å²) in [5.41, 5.74) is 0.569. The summed E-state index contributed by atoms with van der Waals surface area (Å²) in [5.74, 6) is 1.17. The van der Waals surface area contributed by atoms with Crippen molar-refractivity contribution in [1.82, 2.24) is 10.2 Å². The number of aromatic nitrogens is 2. The van der Waals surface area contributed by atoms with Crippen molar-refractivity contribution < 1.29 is 5.11 Å². The third-order valence-electron chi connectivity index (χ3n) is 2.94. The van der Waals surface area contributed by atoms with Gasteiger partial charge in [-0.25, -0.2) is 0 Å². The Bertz CT molecular complexity index is 401. The molecule has 1 aliphatic rings. The number of hydrogen-bond donors (Lipinski definition) is 1. The highest BCUT2D eigenvalue weighted by Gasteiger charge is 2.24. The molecule has 0 bridgehead atoms. The number of nitriles is 1. The Kier molecular flexibility index (Phi) is 3.32. The van der Waals surface area contributed by atoms with E-state index in [0.29, 0.717) is 17.3 Å². The second kappa shape index (κ2) is 4.90. The molecule has 0 aromatic carbocycles. The first kappa shape index (κ1) is 10.8. The summed E-state index contributed by atoms with van der Waals surface area (Å²) in [4.78, 5) is 2.08. The van der Waals surface area contributed by atoms with Crippen LogP contribution in [0.3, 0.4) is 0 Å². The highest BCUT2D eigenvalue weighted by molar-refractivity contribution is 5.53. The first-order chi connectivity index (χ1) is 7.85. The van der Waals surface area contributed by atoms with Crippen LogP contribution in [0.1, 0.15) is 18.4 Å². The van der Waals surface area contributed by atoms with Gasteiger partial charge in [-0.1, -0.05) is 0 Å². The van der Waals surface area contributed by atoms with Crippen LogP contribution in [0.2, 0.25) is 0 Å². The third kappa shape index (κ3) is 2.12. The second-order valence-corrected chi connectivity index (χ2v) is 3.99. The average Bonchev–Trinajstić information content (AvgIpc) is 2.78. The van der Waals surface area contributed by atoms with Gasteiger partial charge in [0.05, 0.1) is 11.8 Å². The lowest BCUT2D eigenvalue weighted by Crippen LogP contribution is -2.22. The number of nitrogens with zero attached hydrogens (tertiary/aromatic N) is 4. The second-order valence-electron chi connectivity index (χ2n) is 3.99. The molecule has 1 aromatic heterocycles. The van der Waals surface area contributed by atoms with E-state index >= 15 is 0 Å². The molecule has 2 rings (SSSR count). The number of aliphatic hydroxyl groups excluding tert-OH is 1. The quantitative estimate of drug-likeness (QED) is 0.802. The molecule has 5 nitrogen and oxygen atoms in total. The summed E-state index contributed by atoms with van der Waals surface area (Å²) in [6.07, 6.45) is 3.39. The van der Waals surface area contributed by atoms with Gasteiger partial charge in [0.15, 0.2) is 5.82 Å². The van der Waals surface area contributed by atoms with E-state index in [1.807, 2.05) is 0 Å². The molecule has 1 N–H and O–H groups in total. The molecule has 5 heteroatoms. The van der Waals surface area contributed by atoms with Crippen LogP contribution in [0.4, 0.5) is 5.82 Å². The van der Waals surface area contributed by atoms with Gasteiger partial charge < -0.3 is 10.0 Å². The van der Waals surface area contributed by atoms with Gasteiger partial charge >= 0.3 is 0 Å². The molecule has 0 radical (unpaired) electrons. The minimum absolute atomic E-state index is 0.226. The standard InChI is InChI=1S/C11H14N4O/c12-7-10-1-4-13-14-11(10)15-5-2-9(8-15)3-6-16/h1,4,9,16H,2-3,5-6,8H2. The van der Waals surface area contributed by atoms with E-state index < -0.39 is 0 Å². The molecule has 1 atom stereocenters. The van der Waals surface area contributed by atoms with Gasteiger partial charge in [0.2, 0.25) is 0 Å². The molecular formula is C11H14N4O. The zero-order chi connectivity index (χ0) is 11.4.